The first-order valence-corrected chi connectivity index (χ1v) is 4.49. The summed E-state index contributed by atoms with van der Waals surface area (Å²) in [6.07, 6.45) is 3.51. The van der Waals surface area contributed by atoms with Gasteiger partial charge in [-0.2, -0.15) is 0 Å². The predicted molar refractivity (Wildman–Crippen MR) is 49.1 cm³/mol. The Hall–Kier alpha value is -0.830. The molecule has 0 saturated heterocycles. The summed E-state index contributed by atoms with van der Waals surface area (Å²) in [5.74, 6) is -1.14. The van der Waals surface area contributed by atoms with E-state index in [4.69, 9.17) is 4.74 Å². The van der Waals surface area contributed by atoms with E-state index in [-0.39, 0.29) is 11.7 Å². The molecule has 1 unspecified atom stereocenters. The van der Waals surface area contributed by atoms with Crippen LogP contribution in [0, 0.1) is 0 Å². The van der Waals surface area contributed by atoms with Crippen molar-refractivity contribution in [1.29, 1.82) is 0 Å². The molecule has 0 heterocycles. The average molecular weight is 185 g/mol. The Balaban J connectivity index is 3.36. The van der Waals surface area contributed by atoms with E-state index in [0.29, 0.717) is 6.42 Å². The fourth-order valence-corrected chi connectivity index (χ4v) is 0.990. The monoisotopic (exact) mass is 185 g/mol. The van der Waals surface area contributed by atoms with Crippen LogP contribution in [-0.4, -0.2) is 19.2 Å². The number of ether oxygens (including phenoxy) is 1. The van der Waals surface area contributed by atoms with Crippen molar-refractivity contribution in [3.63, 3.8) is 0 Å². The third-order valence-corrected chi connectivity index (χ3v) is 2.03. The van der Waals surface area contributed by atoms with Crippen LogP contribution in [0.2, 0.25) is 0 Å². The molecule has 0 amide bonds. The molecular weight excluding hydrogens is 168 g/mol. The summed E-state index contributed by atoms with van der Waals surface area (Å²) in [5.41, 5.74) is 0.185. The minimum atomic E-state index is -1.14. The first-order chi connectivity index (χ1) is 6.07. The van der Waals surface area contributed by atoms with Crippen LogP contribution in [0.1, 0.15) is 32.6 Å². The SMILES string of the molecule is C=C(CCCCC(C)OC)C(=O)[O-]. The molecule has 0 aliphatic carbocycles. The smallest absolute Gasteiger partial charge is 0.0668 e. The highest BCUT2D eigenvalue weighted by Gasteiger charge is 1.99. The summed E-state index contributed by atoms with van der Waals surface area (Å²) >= 11 is 0. The minimum absolute atomic E-state index is 0.185. The zero-order valence-corrected chi connectivity index (χ0v) is 8.34. The van der Waals surface area contributed by atoms with Gasteiger partial charge in [-0.15, -0.1) is 0 Å². The number of rotatable bonds is 7. The van der Waals surface area contributed by atoms with Crippen molar-refractivity contribution in [3.8, 4) is 0 Å². The number of hydrogen-bond acceptors (Lipinski definition) is 3. The van der Waals surface area contributed by atoms with Crippen molar-refractivity contribution < 1.29 is 14.6 Å². The van der Waals surface area contributed by atoms with Gasteiger partial charge >= 0.3 is 0 Å². The van der Waals surface area contributed by atoms with Gasteiger partial charge in [0.05, 0.1) is 12.1 Å². The molecule has 0 saturated carbocycles. The maximum atomic E-state index is 10.2. The van der Waals surface area contributed by atoms with Gasteiger partial charge in [-0.05, 0) is 31.8 Å². The third kappa shape index (κ3) is 6.34. The van der Waals surface area contributed by atoms with Crippen LogP contribution < -0.4 is 5.11 Å². The second-order valence-corrected chi connectivity index (χ2v) is 3.18. The van der Waals surface area contributed by atoms with Gasteiger partial charge in [-0.1, -0.05) is 13.0 Å². The van der Waals surface area contributed by atoms with Crippen molar-refractivity contribution in [2.45, 2.75) is 38.7 Å². The summed E-state index contributed by atoms with van der Waals surface area (Å²) < 4.78 is 5.05. The summed E-state index contributed by atoms with van der Waals surface area (Å²) in [4.78, 5) is 10.2. The number of unbranched alkanes of at least 4 members (excludes halogenated alkanes) is 1. The highest BCUT2D eigenvalue weighted by molar-refractivity contribution is 5.83. The van der Waals surface area contributed by atoms with E-state index < -0.39 is 5.97 Å². The number of hydrogen-bond donors (Lipinski definition) is 0. The molecule has 0 aliphatic rings. The second-order valence-electron chi connectivity index (χ2n) is 3.18. The Morgan fingerprint density at radius 3 is 2.62 bits per heavy atom. The molecule has 0 N–H and O–H groups in total. The van der Waals surface area contributed by atoms with E-state index in [1.54, 1.807) is 7.11 Å². The van der Waals surface area contributed by atoms with Gasteiger partial charge in [-0.3, -0.25) is 0 Å². The molecule has 0 fully saturated rings. The van der Waals surface area contributed by atoms with E-state index in [0.717, 1.165) is 19.3 Å². The van der Waals surface area contributed by atoms with Crippen molar-refractivity contribution in [2.24, 2.45) is 0 Å². The maximum absolute atomic E-state index is 10.2. The Morgan fingerprint density at radius 2 is 2.15 bits per heavy atom. The van der Waals surface area contributed by atoms with Crippen molar-refractivity contribution >= 4 is 5.97 Å². The Morgan fingerprint density at radius 1 is 1.54 bits per heavy atom. The van der Waals surface area contributed by atoms with Crippen LogP contribution in [0.4, 0.5) is 0 Å². The molecule has 0 aliphatic heterocycles. The zero-order valence-electron chi connectivity index (χ0n) is 8.34. The van der Waals surface area contributed by atoms with Crippen molar-refractivity contribution in [2.75, 3.05) is 7.11 Å². The van der Waals surface area contributed by atoms with E-state index in [9.17, 15) is 9.90 Å². The third-order valence-electron chi connectivity index (χ3n) is 2.03. The molecule has 1 atom stereocenters. The summed E-state index contributed by atoms with van der Waals surface area (Å²) in [5, 5.41) is 10.2. The molecule has 0 bridgehead atoms. The lowest BCUT2D eigenvalue weighted by atomic mass is 10.1. The van der Waals surface area contributed by atoms with Gasteiger partial charge in [0.1, 0.15) is 0 Å². The summed E-state index contributed by atoms with van der Waals surface area (Å²) in [7, 11) is 1.67. The Bertz CT molecular complexity index is 175. The van der Waals surface area contributed by atoms with Crippen molar-refractivity contribution in [3.05, 3.63) is 12.2 Å². The van der Waals surface area contributed by atoms with Crippen molar-refractivity contribution in [1.82, 2.24) is 0 Å². The number of carboxylic acids is 1. The summed E-state index contributed by atoms with van der Waals surface area (Å²) in [6.45, 7) is 5.39. The number of methoxy groups -OCH3 is 1. The first-order valence-electron chi connectivity index (χ1n) is 4.49. The molecule has 0 radical (unpaired) electrons. The molecule has 13 heavy (non-hydrogen) atoms. The van der Waals surface area contributed by atoms with E-state index in [1.165, 1.54) is 0 Å². The van der Waals surface area contributed by atoms with Gasteiger partial charge in [0, 0.05) is 7.11 Å². The lowest BCUT2D eigenvalue weighted by molar-refractivity contribution is -0.299. The van der Waals surface area contributed by atoms with Crippen LogP contribution >= 0.6 is 0 Å². The molecule has 0 rings (SSSR count). The van der Waals surface area contributed by atoms with E-state index in [1.807, 2.05) is 6.92 Å². The van der Waals surface area contributed by atoms with Crippen LogP contribution in [0.5, 0.6) is 0 Å². The fourth-order valence-electron chi connectivity index (χ4n) is 0.990. The van der Waals surface area contributed by atoms with Gasteiger partial charge in [0.2, 0.25) is 0 Å². The number of carboxylic acid groups (broad SMARTS) is 1. The maximum Gasteiger partial charge on any atom is 0.0668 e. The molecular formula is C10H17O3-. The minimum Gasteiger partial charge on any atom is -0.545 e. The van der Waals surface area contributed by atoms with Crippen LogP contribution in [0.3, 0.4) is 0 Å². The number of aliphatic carboxylic acids is 1. The molecule has 0 spiro atoms. The van der Waals surface area contributed by atoms with Gasteiger partial charge in [-0.25, -0.2) is 0 Å². The average Bonchev–Trinajstić information content (AvgIpc) is 2.11. The normalized spacial score (nSPS) is 12.5. The molecule has 3 nitrogen and oxygen atoms in total. The second kappa shape index (κ2) is 6.66. The largest absolute Gasteiger partial charge is 0.545 e. The summed E-state index contributed by atoms with van der Waals surface area (Å²) in [6, 6.07) is 0. The zero-order chi connectivity index (χ0) is 10.3. The van der Waals surface area contributed by atoms with E-state index in [2.05, 4.69) is 6.58 Å². The van der Waals surface area contributed by atoms with E-state index >= 15 is 0 Å². The topological polar surface area (TPSA) is 49.4 Å². The lowest BCUT2D eigenvalue weighted by Crippen LogP contribution is -2.23. The molecule has 0 aromatic heterocycles. The Labute approximate surface area is 79.4 Å². The molecule has 0 aromatic rings. The number of carbonyl (C=O) groups excluding carboxylic acids is 1. The molecule has 0 aromatic carbocycles. The predicted octanol–water partition coefficient (Wildman–Crippen LogP) is 0.888. The number of carbonyl (C=O) groups is 1. The highest BCUT2D eigenvalue weighted by atomic mass is 16.5. The van der Waals surface area contributed by atoms with Gasteiger partial charge in [0.25, 0.3) is 0 Å². The molecule has 3 heteroatoms. The first kappa shape index (κ1) is 12.2. The quantitative estimate of drug-likeness (QED) is 0.437. The van der Waals surface area contributed by atoms with Crippen LogP contribution in [0.25, 0.3) is 0 Å². The fraction of sp³-hybridized carbons (Fsp3) is 0.700. The highest BCUT2D eigenvalue weighted by Crippen LogP contribution is 2.09. The van der Waals surface area contributed by atoms with Crippen LogP contribution in [0.15, 0.2) is 12.2 Å². The van der Waals surface area contributed by atoms with Crippen LogP contribution in [-0.2, 0) is 9.53 Å². The van der Waals surface area contributed by atoms with Gasteiger partial charge in [0.15, 0.2) is 0 Å². The molecule has 76 valence electrons. The lowest BCUT2D eigenvalue weighted by Gasteiger charge is -2.09. The van der Waals surface area contributed by atoms with Gasteiger partial charge < -0.3 is 14.6 Å². The Kier molecular flexibility index (Phi) is 6.24. The standard InChI is InChI=1S/C10H18O3/c1-8(10(11)12)6-4-5-7-9(2)13-3/h9H,1,4-7H2,2-3H3,(H,11,12)/p-1.